The summed E-state index contributed by atoms with van der Waals surface area (Å²) in [5, 5.41) is 8.99. The van der Waals surface area contributed by atoms with Crippen molar-refractivity contribution in [3.05, 3.63) is 36.4 Å². The zero-order valence-electron chi connectivity index (χ0n) is 12.1. The van der Waals surface area contributed by atoms with Crippen LogP contribution in [0.25, 0.3) is 0 Å². The smallest absolute Gasteiger partial charge is 0.335 e. The molecule has 0 saturated heterocycles. The molecule has 0 aromatic heterocycles. The molecule has 0 spiro atoms. The maximum atomic E-state index is 12.5. The Balaban J connectivity index is 3.19. The Kier molecular flexibility index (Phi) is 5.92. The number of nitrogens with zero attached hydrogens (tertiary/aromatic N) is 1. The van der Waals surface area contributed by atoms with Gasteiger partial charge in [-0.1, -0.05) is 6.08 Å². The van der Waals surface area contributed by atoms with Gasteiger partial charge >= 0.3 is 5.97 Å². The van der Waals surface area contributed by atoms with Gasteiger partial charge in [0.1, 0.15) is 10.6 Å². The Morgan fingerprint density at radius 1 is 1.48 bits per heavy atom. The van der Waals surface area contributed by atoms with E-state index in [9.17, 15) is 13.2 Å². The molecule has 1 rings (SSSR count). The largest absolute Gasteiger partial charge is 0.495 e. The number of hydrogen-bond donors (Lipinski definition) is 1. The van der Waals surface area contributed by atoms with Crippen LogP contribution >= 0.6 is 0 Å². The predicted molar refractivity (Wildman–Crippen MR) is 79.2 cm³/mol. The quantitative estimate of drug-likeness (QED) is 0.586. The monoisotopic (exact) mass is 313 g/mol. The minimum absolute atomic E-state index is 0.103. The zero-order valence-corrected chi connectivity index (χ0v) is 12.9. The average Bonchev–Trinajstić information content (AvgIpc) is 2.46. The first kappa shape index (κ1) is 17.2. The van der Waals surface area contributed by atoms with E-state index in [0.29, 0.717) is 19.4 Å². The van der Waals surface area contributed by atoms with Gasteiger partial charge in [0, 0.05) is 13.6 Å². The van der Waals surface area contributed by atoms with E-state index >= 15 is 0 Å². The molecule has 0 heterocycles. The molecule has 0 amide bonds. The van der Waals surface area contributed by atoms with Crippen LogP contribution in [0.1, 0.15) is 23.2 Å². The van der Waals surface area contributed by atoms with Gasteiger partial charge in [-0.25, -0.2) is 17.5 Å². The van der Waals surface area contributed by atoms with E-state index in [2.05, 4.69) is 6.58 Å². The summed E-state index contributed by atoms with van der Waals surface area (Å²) >= 11 is 0. The fourth-order valence-corrected chi connectivity index (χ4v) is 3.14. The molecule has 0 atom stereocenters. The molecule has 21 heavy (non-hydrogen) atoms. The summed E-state index contributed by atoms with van der Waals surface area (Å²) in [6.45, 7) is 3.90. The fraction of sp³-hybridized carbons (Fsp3) is 0.357. The van der Waals surface area contributed by atoms with Crippen molar-refractivity contribution >= 4 is 16.0 Å². The van der Waals surface area contributed by atoms with Crippen LogP contribution in [0.15, 0.2) is 35.7 Å². The number of aromatic carboxylic acids is 1. The van der Waals surface area contributed by atoms with Crippen molar-refractivity contribution < 1.29 is 23.1 Å². The minimum atomic E-state index is -3.81. The Labute approximate surface area is 124 Å². The highest BCUT2D eigenvalue weighted by Crippen LogP contribution is 2.27. The van der Waals surface area contributed by atoms with Gasteiger partial charge in [-0.2, -0.15) is 0 Å². The van der Waals surface area contributed by atoms with Crippen LogP contribution in [-0.4, -0.2) is 44.5 Å². The molecular formula is C14H19NO5S. The van der Waals surface area contributed by atoms with Crippen molar-refractivity contribution in [1.82, 2.24) is 4.31 Å². The van der Waals surface area contributed by atoms with Crippen molar-refractivity contribution in [3.8, 4) is 5.75 Å². The second kappa shape index (κ2) is 7.24. The van der Waals surface area contributed by atoms with E-state index in [-0.39, 0.29) is 16.2 Å². The van der Waals surface area contributed by atoms with E-state index in [0.717, 1.165) is 6.07 Å². The molecule has 0 fully saturated rings. The summed E-state index contributed by atoms with van der Waals surface area (Å²) < 4.78 is 31.2. The predicted octanol–water partition coefficient (Wildman–Crippen LogP) is 1.98. The number of rotatable bonds is 8. The summed E-state index contributed by atoms with van der Waals surface area (Å²) in [5.74, 6) is -1.07. The van der Waals surface area contributed by atoms with Crippen LogP contribution in [0.4, 0.5) is 0 Å². The van der Waals surface area contributed by atoms with E-state index in [1.165, 1.54) is 30.6 Å². The molecule has 0 aliphatic heterocycles. The molecule has 7 heteroatoms. The molecule has 0 unspecified atom stereocenters. The third kappa shape index (κ3) is 4.05. The first-order chi connectivity index (χ1) is 9.84. The van der Waals surface area contributed by atoms with Crippen LogP contribution in [0.3, 0.4) is 0 Å². The summed E-state index contributed by atoms with van der Waals surface area (Å²) in [7, 11) is -1.02. The summed E-state index contributed by atoms with van der Waals surface area (Å²) in [4.78, 5) is 10.9. The summed E-state index contributed by atoms with van der Waals surface area (Å²) in [6.07, 6.45) is 3.05. The first-order valence-corrected chi connectivity index (χ1v) is 7.77. The molecule has 1 aromatic rings. The fourth-order valence-electron chi connectivity index (χ4n) is 1.76. The molecule has 0 bridgehead atoms. The Morgan fingerprint density at radius 2 is 2.14 bits per heavy atom. The van der Waals surface area contributed by atoms with Crippen LogP contribution in [0.5, 0.6) is 5.75 Å². The molecule has 116 valence electrons. The zero-order chi connectivity index (χ0) is 16.0. The lowest BCUT2D eigenvalue weighted by Crippen LogP contribution is -2.28. The minimum Gasteiger partial charge on any atom is -0.495 e. The second-order valence-electron chi connectivity index (χ2n) is 4.43. The van der Waals surface area contributed by atoms with Crippen molar-refractivity contribution in [2.24, 2.45) is 0 Å². The van der Waals surface area contributed by atoms with Gasteiger partial charge in [0.2, 0.25) is 10.0 Å². The van der Waals surface area contributed by atoms with Crippen LogP contribution in [-0.2, 0) is 10.0 Å². The third-order valence-corrected chi connectivity index (χ3v) is 4.86. The first-order valence-electron chi connectivity index (χ1n) is 6.33. The molecule has 0 aliphatic rings. The topological polar surface area (TPSA) is 83.9 Å². The number of carboxylic acid groups (broad SMARTS) is 1. The number of ether oxygens (including phenoxy) is 1. The second-order valence-corrected chi connectivity index (χ2v) is 6.44. The van der Waals surface area contributed by atoms with Gasteiger partial charge in [-0.05, 0) is 31.0 Å². The van der Waals surface area contributed by atoms with E-state index in [1.54, 1.807) is 6.08 Å². The lowest BCUT2D eigenvalue weighted by Gasteiger charge is -2.18. The van der Waals surface area contributed by atoms with Gasteiger partial charge in [0.15, 0.2) is 0 Å². The highest BCUT2D eigenvalue weighted by molar-refractivity contribution is 7.89. The SMILES string of the molecule is C=CCCCN(C)S(=O)(=O)c1cc(C(=O)O)ccc1OC. The Hall–Kier alpha value is -1.86. The van der Waals surface area contributed by atoms with Gasteiger partial charge in [0.25, 0.3) is 0 Å². The van der Waals surface area contributed by atoms with Crippen molar-refractivity contribution in [2.75, 3.05) is 20.7 Å². The number of unbranched alkanes of at least 4 members (excludes halogenated alkanes) is 1. The molecule has 0 aliphatic carbocycles. The van der Waals surface area contributed by atoms with Crippen LogP contribution in [0, 0.1) is 0 Å². The molecule has 0 radical (unpaired) electrons. The number of allylic oxidation sites excluding steroid dienone is 1. The highest BCUT2D eigenvalue weighted by atomic mass is 32.2. The Bertz CT molecular complexity index is 624. The lowest BCUT2D eigenvalue weighted by atomic mass is 10.2. The molecule has 0 saturated carbocycles. The Morgan fingerprint density at radius 3 is 2.67 bits per heavy atom. The number of carbonyl (C=O) groups is 1. The molecule has 1 N–H and O–H groups in total. The molecule has 6 nitrogen and oxygen atoms in total. The molecule has 1 aromatic carbocycles. The normalized spacial score (nSPS) is 11.4. The maximum absolute atomic E-state index is 12.5. The summed E-state index contributed by atoms with van der Waals surface area (Å²) in [6, 6.07) is 3.76. The number of methoxy groups -OCH3 is 1. The van der Waals surface area contributed by atoms with Crippen molar-refractivity contribution in [1.29, 1.82) is 0 Å². The van der Waals surface area contributed by atoms with Gasteiger partial charge in [-0.15, -0.1) is 6.58 Å². The van der Waals surface area contributed by atoms with Crippen LogP contribution < -0.4 is 4.74 Å². The number of hydrogen-bond acceptors (Lipinski definition) is 4. The van der Waals surface area contributed by atoms with Gasteiger partial charge in [0.05, 0.1) is 12.7 Å². The average molecular weight is 313 g/mol. The van der Waals surface area contributed by atoms with Crippen molar-refractivity contribution in [2.45, 2.75) is 17.7 Å². The van der Waals surface area contributed by atoms with E-state index in [4.69, 9.17) is 9.84 Å². The van der Waals surface area contributed by atoms with E-state index in [1.807, 2.05) is 0 Å². The van der Waals surface area contributed by atoms with Crippen molar-refractivity contribution in [3.63, 3.8) is 0 Å². The molecular weight excluding hydrogens is 294 g/mol. The van der Waals surface area contributed by atoms with E-state index < -0.39 is 16.0 Å². The van der Waals surface area contributed by atoms with Gasteiger partial charge < -0.3 is 9.84 Å². The van der Waals surface area contributed by atoms with Gasteiger partial charge in [-0.3, -0.25) is 0 Å². The van der Waals surface area contributed by atoms with Crippen LogP contribution in [0.2, 0.25) is 0 Å². The third-order valence-electron chi connectivity index (χ3n) is 2.98. The summed E-state index contributed by atoms with van der Waals surface area (Å²) in [5.41, 5.74) is -0.103. The number of carboxylic acids is 1. The highest BCUT2D eigenvalue weighted by Gasteiger charge is 2.25. The lowest BCUT2D eigenvalue weighted by molar-refractivity contribution is 0.0696. The standard InChI is InChI=1S/C14H19NO5S/c1-4-5-6-9-15(2)21(18,19)13-10-11(14(16)17)7-8-12(13)20-3/h4,7-8,10H,1,5-6,9H2,2-3H3,(H,16,17). The number of benzene rings is 1. The maximum Gasteiger partial charge on any atom is 0.335 e. The number of sulfonamides is 1.